The average molecular weight is 435 g/mol. The second-order valence-electron chi connectivity index (χ2n) is 5.83. The maximum Gasteiger partial charge on any atom is 0.258 e. The highest BCUT2D eigenvalue weighted by Gasteiger charge is 2.19. The van der Waals surface area contributed by atoms with Crippen molar-refractivity contribution >= 4 is 33.2 Å². The van der Waals surface area contributed by atoms with Gasteiger partial charge in [0.25, 0.3) is 5.91 Å². The highest BCUT2D eigenvalue weighted by atomic mass is 35.5. The van der Waals surface area contributed by atoms with E-state index in [9.17, 15) is 17.6 Å². The van der Waals surface area contributed by atoms with Gasteiger partial charge in [-0.25, -0.2) is 17.5 Å². The van der Waals surface area contributed by atoms with Crippen LogP contribution in [0.1, 0.15) is 10.4 Å². The van der Waals surface area contributed by atoms with Gasteiger partial charge in [0.2, 0.25) is 10.0 Å². The second kappa shape index (κ2) is 8.60. The van der Waals surface area contributed by atoms with Crippen molar-refractivity contribution in [3.63, 3.8) is 0 Å². The molecule has 0 bridgehead atoms. The molecule has 0 radical (unpaired) electrons. The van der Waals surface area contributed by atoms with Crippen LogP contribution in [0.15, 0.2) is 71.6 Å². The molecule has 0 aliphatic heterocycles. The van der Waals surface area contributed by atoms with E-state index in [0.717, 1.165) is 18.2 Å². The molecule has 0 fully saturated rings. The van der Waals surface area contributed by atoms with Crippen molar-refractivity contribution in [3.05, 3.63) is 83.1 Å². The van der Waals surface area contributed by atoms with Crippen molar-refractivity contribution < 1.29 is 22.3 Å². The third kappa shape index (κ3) is 4.73. The SMILES string of the molecule is CNS(=O)(=O)c1ccc(F)c(C(=O)Nc2ccccc2Oc2ccccc2Cl)c1. The minimum atomic E-state index is -3.83. The number of nitrogens with one attached hydrogen (secondary N) is 2. The van der Waals surface area contributed by atoms with Gasteiger partial charge >= 0.3 is 0 Å². The van der Waals surface area contributed by atoms with Gasteiger partial charge in [-0.05, 0) is 49.5 Å². The summed E-state index contributed by atoms with van der Waals surface area (Å²) < 4.78 is 45.9. The molecule has 1 amide bonds. The molecule has 0 aromatic heterocycles. The predicted molar refractivity (Wildman–Crippen MR) is 109 cm³/mol. The summed E-state index contributed by atoms with van der Waals surface area (Å²) in [7, 11) is -2.61. The fourth-order valence-corrected chi connectivity index (χ4v) is 3.39. The number of rotatable bonds is 6. The van der Waals surface area contributed by atoms with Crippen LogP contribution in [-0.4, -0.2) is 21.4 Å². The molecule has 2 N–H and O–H groups in total. The lowest BCUT2D eigenvalue weighted by Crippen LogP contribution is -2.20. The average Bonchev–Trinajstić information content (AvgIpc) is 2.71. The van der Waals surface area contributed by atoms with Gasteiger partial charge in [-0.15, -0.1) is 0 Å². The van der Waals surface area contributed by atoms with Gasteiger partial charge in [-0.1, -0.05) is 35.9 Å². The molecule has 0 spiro atoms. The first-order chi connectivity index (χ1) is 13.8. The summed E-state index contributed by atoms with van der Waals surface area (Å²) in [6.45, 7) is 0. The highest BCUT2D eigenvalue weighted by molar-refractivity contribution is 7.89. The zero-order valence-corrected chi connectivity index (χ0v) is 16.7. The molecule has 0 aliphatic rings. The largest absolute Gasteiger partial charge is 0.454 e. The summed E-state index contributed by atoms with van der Waals surface area (Å²) in [5.74, 6) is -1.02. The van der Waals surface area contributed by atoms with E-state index in [1.165, 1.54) is 7.05 Å². The van der Waals surface area contributed by atoms with Crippen LogP contribution in [0.5, 0.6) is 11.5 Å². The maximum absolute atomic E-state index is 14.2. The zero-order chi connectivity index (χ0) is 21.0. The summed E-state index contributed by atoms with van der Waals surface area (Å²) in [5.41, 5.74) is -0.160. The number of carbonyl (C=O) groups is 1. The number of benzene rings is 3. The number of halogens is 2. The molecular formula is C20H16ClFN2O4S. The van der Waals surface area contributed by atoms with Crippen LogP contribution in [0, 0.1) is 5.82 Å². The van der Waals surface area contributed by atoms with E-state index < -0.39 is 27.3 Å². The van der Waals surface area contributed by atoms with Gasteiger partial charge in [0.05, 0.1) is 21.2 Å². The molecular weight excluding hydrogens is 419 g/mol. The lowest BCUT2D eigenvalue weighted by molar-refractivity contribution is 0.102. The van der Waals surface area contributed by atoms with Gasteiger partial charge in [0.15, 0.2) is 5.75 Å². The molecule has 0 heterocycles. The number of carbonyl (C=O) groups excluding carboxylic acids is 1. The zero-order valence-electron chi connectivity index (χ0n) is 15.1. The lowest BCUT2D eigenvalue weighted by Gasteiger charge is -2.13. The van der Waals surface area contributed by atoms with E-state index in [1.54, 1.807) is 48.5 Å². The van der Waals surface area contributed by atoms with E-state index in [1.807, 2.05) is 0 Å². The molecule has 150 valence electrons. The summed E-state index contributed by atoms with van der Waals surface area (Å²) in [6, 6.07) is 16.3. The minimum Gasteiger partial charge on any atom is -0.454 e. The molecule has 0 aliphatic carbocycles. The van der Waals surface area contributed by atoms with Crippen LogP contribution in [0.3, 0.4) is 0 Å². The Balaban J connectivity index is 1.91. The molecule has 9 heteroatoms. The first-order valence-corrected chi connectivity index (χ1v) is 10.2. The van der Waals surface area contributed by atoms with Crippen molar-refractivity contribution in [2.75, 3.05) is 12.4 Å². The third-order valence-corrected chi connectivity index (χ3v) is 5.68. The molecule has 0 unspecified atom stereocenters. The summed E-state index contributed by atoms with van der Waals surface area (Å²) in [4.78, 5) is 12.4. The molecule has 0 saturated carbocycles. The van der Waals surface area contributed by atoms with Gasteiger partial charge in [0.1, 0.15) is 11.6 Å². The van der Waals surface area contributed by atoms with Gasteiger partial charge in [-0.2, -0.15) is 0 Å². The van der Waals surface area contributed by atoms with Crippen molar-refractivity contribution in [3.8, 4) is 11.5 Å². The summed E-state index contributed by atoms with van der Waals surface area (Å²) >= 11 is 6.10. The topological polar surface area (TPSA) is 84.5 Å². The maximum atomic E-state index is 14.2. The Hall–Kier alpha value is -2.94. The van der Waals surface area contributed by atoms with Crippen LogP contribution in [-0.2, 0) is 10.0 Å². The summed E-state index contributed by atoms with van der Waals surface area (Å²) in [5, 5.41) is 2.92. The standard InChI is InChI=1S/C20H16ClFN2O4S/c1-23-29(26,27)13-10-11-16(22)14(12-13)20(25)24-17-7-3-5-9-19(17)28-18-8-4-2-6-15(18)21/h2-12,23H,1H3,(H,24,25). The lowest BCUT2D eigenvalue weighted by atomic mass is 10.2. The van der Waals surface area contributed by atoms with Crippen molar-refractivity contribution in [2.24, 2.45) is 0 Å². The Kier molecular flexibility index (Phi) is 6.17. The van der Waals surface area contributed by atoms with E-state index in [0.29, 0.717) is 10.8 Å². The Bertz CT molecular complexity index is 1170. The van der Waals surface area contributed by atoms with E-state index in [-0.39, 0.29) is 16.3 Å². The van der Waals surface area contributed by atoms with Crippen molar-refractivity contribution in [2.45, 2.75) is 4.90 Å². The number of hydrogen-bond acceptors (Lipinski definition) is 4. The first kappa shape index (κ1) is 20.8. The highest BCUT2D eigenvalue weighted by Crippen LogP contribution is 2.33. The van der Waals surface area contributed by atoms with E-state index >= 15 is 0 Å². The normalized spacial score (nSPS) is 11.1. The van der Waals surface area contributed by atoms with Crippen molar-refractivity contribution in [1.29, 1.82) is 0 Å². The fraction of sp³-hybridized carbons (Fsp3) is 0.0500. The second-order valence-corrected chi connectivity index (χ2v) is 8.13. The van der Waals surface area contributed by atoms with Crippen LogP contribution >= 0.6 is 11.6 Å². The molecule has 3 aromatic rings. The molecule has 0 atom stereocenters. The molecule has 3 aromatic carbocycles. The first-order valence-electron chi connectivity index (χ1n) is 8.37. The fourth-order valence-electron chi connectivity index (χ4n) is 2.46. The molecule has 0 saturated heterocycles. The molecule has 29 heavy (non-hydrogen) atoms. The van der Waals surface area contributed by atoms with E-state index in [2.05, 4.69) is 10.0 Å². The van der Waals surface area contributed by atoms with Gasteiger partial charge < -0.3 is 10.1 Å². The van der Waals surface area contributed by atoms with Crippen LogP contribution in [0.25, 0.3) is 0 Å². The Morgan fingerprint density at radius 1 is 1.00 bits per heavy atom. The number of amides is 1. The van der Waals surface area contributed by atoms with Gasteiger partial charge in [0, 0.05) is 0 Å². The number of hydrogen-bond donors (Lipinski definition) is 2. The third-order valence-electron chi connectivity index (χ3n) is 3.95. The Morgan fingerprint density at radius 3 is 2.34 bits per heavy atom. The minimum absolute atomic E-state index is 0.229. The Labute approximate surface area is 172 Å². The number of sulfonamides is 1. The van der Waals surface area contributed by atoms with Crippen LogP contribution in [0.2, 0.25) is 5.02 Å². The van der Waals surface area contributed by atoms with E-state index in [4.69, 9.17) is 16.3 Å². The van der Waals surface area contributed by atoms with Crippen molar-refractivity contribution in [1.82, 2.24) is 4.72 Å². The molecule has 6 nitrogen and oxygen atoms in total. The molecule has 3 rings (SSSR count). The van der Waals surface area contributed by atoms with Crippen LogP contribution in [0.4, 0.5) is 10.1 Å². The predicted octanol–water partition coefficient (Wildman–Crippen LogP) is 4.43. The monoisotopic (exact) mass is 434 g/mol. The smallest absolute Gasteiger partial charge is 0.258 e. The number of anilines is 1. The quantitative estimate of drug-likeness (QED) is 0.601. The summed E-state index contributed by atoms with van der Waals surface area (Å²) in [6.07, 6.45) is 0. The Morgan fingerprint density at radius 2 is 1.66 bits per heavy atom. The number of ether oxygens (including phenoxy) is 1. The van der Waals surface area contributed by atoms with Crippen LogP contribution < -0.4 is 14.8 Å². The van der Waals surface area contributed by atoms with Gasteiger partial charge in [-0.3, -0.25) is 4.79 Å². The number of para-hydroxylation sites is 3.